The molecule has 0 aliphatic heterocycles. The summed E-state index contributed by atoms with van der Waals surface area (Å²) in [7, 11) is 0. The van der Waals surface area contributed by atoms with Crippen molar-refractivity contribution in [3.8, 4) is 5.75 Å². The minimum atomic E-state index is -0.638. The van der Waals surface area contributed by atoms with Crippen LogP contribution in [0.4, 0.5) is 4.39 Å². The van der Waals surface area contributed by atoms with Crippen LogP contribution >= 0.6 is 24.0 Å². The van der Waals surface area contributed by atoms with Gasteiger partial charge >= 0.3 is 0 Å². The fourth-order valence-corrected chi connectivity index (χ4v) is 2.00. The first-order valence-electron chi connectivity index (χ1n) is 7.64. The van der Waals surface area contributed by atoms with Crippen molar-refractivity contribution in [2.75, 3.05) is 6.54 Å². The molecule has 0 aliphatic carbocycles. The summed E-state index contributed by atoms with van der Waals surface area (Å²) in [4.78, 5) is 4.15. The number of benzene rings is 1. The Morgan fingerprint density at radius 3 is 2.59 bits per heavy atom. The monoisotopic (exact) mass is 423 g/mol. The van der Waals surface area contributed by atoms with E-state index in [9.17, 15) is 4.39 Å². The highest BCUT2D eigenvalue weighted by Gasteiger charge is 2.01. The van der Waals surface area contributed by atoms with Gasteiger partial charge in [-0.3, -0.25) is 0 Å². The number of phenolic OH excluding ortho intramolecular Hbond substituents is 1. The summed E-state index contributed by atoms with van der Waals surface area (Å²) in [5.74, 6) is -0.616. The van der Waals surface area contributed by atoms with Crippen LogP contribution in [-0.2, 0) is 6.54 Å². The van der Waals surface area contributed by atoms with E-state index in [0.29, 0.717) is 18.1 Å². The van der Waals surface area contributed by atoms with Crippen molar-refractivity contribution in [3.63, 3.8) is 0 Å². The maximum atomic E-state index is 13.1. The first-order chi connectivity index (χ1) is 10.1. The third kappa shape index (κ3) is 9.07. The summed E-state index contributed by atoms with van der Waals surface area (Å²) in [5, 5.41) is 12.1. The second-order valence-electron chi connectivity index (χ2n) is 5.18. The van der Waals surface area contributed by atoms with Crippen LogP contribution in [0.3, 0.4) is 0 Å². The Balaban J connectivity index is 0.00000441. The standard InChI is InChI=1S/C16H26FN3O.HI/c1-2-3-4-5-6-7-10-19-16(18)20-12-13-8-9-15(21)14(17)11-13;/h8-9,11,21H,2-7,10,12H2,1H3,(H3,18,19,20);1H. The van der Waals surface area contributed by atoms with Crippen molar-refractivity contribution in [2.45, 2.75) is 52.0 Å². The van der Waals surface area contributed by atoms with E-state index in [4.69, 9.17) is 10.8 Å². The van der Waals surface area contributed by atoms with E-state index in [1.807, 2.05) is 0 Å². The number of nitrogens with zero attached hydrogens (tertiary/aromatic N) is 1. The van der Waals surface area contributed by atoms with Gasteiger partial charge in [-0.2, -0.15) is 0 Å². The average molecular weight is 423 g/mol. The van der Waals surface area contributed by atoms with E-state index < -0.39 is 5.82 Å². The number of guanidine groups is 1. The Kier molecular flexibility index (Phi) is 11.9. The van der Waals surface area contributed by atoms with E-state index in [1.165, 1.54) is 44.2 Å². The zero-order chi connectivity index (χ0) is 15.5. The molecule has 0 aliphatic rings. The lowest BCUT2D eigenvalue weighted by atomic mass is 10.1. The molecule has 22 heavy (non-hydrogen) atoms. The molecule has 0 radical (unpaired) electrons. The number of unbranched alkanes of at least 4 members (excludes halogenated alkanes) is 5. The molecule has 0 saturated heterocycles. The molecule has 0 unspecified atom stereocenters. The highest BCUT2D eigenvalue weighted by Crippen LogP contribution is 2.16. The Morgan fingerprint density at radius 1 is 1.23 bits per heavy atom. The summed E-state index contributed by atoms with van der Waals surface area (Å²) in [6.45, 7) is 3.32. The molecular weight excluding hydrogens is 396 g/mol. The summed E-state index contributed by atoms with van der Waals surface area (Å²) in [5.41, 5.74) is 6.42. The normalized spacial score (nSPS) is 11.1. The molecule has 0 spiro atoms. The first kappa shape index (κ1) is 20.9. The molecule has 4 nitrogen and oxygen atoms in total. The quantitative estimate of drug-likeness (QED) is 0.244. The molecule has 126 valence electrons. The van der Waals surface area contributed by atoms with Gasteiger partial charge in [0, 0.05) is 6.54 Å². The highest BCUT2D eigenvalue weighted by molar-refractivity contribution is 14.0. The molecule has 6 heteroatoms. The van der Waals surface area contributed by atoms with Crippen LogP contribution in [-0.4, -0.2) is 17.6 Å². The van der Waals surface area contributed by atoms with Gasteiger partial charge in [0.15, 0.2) is 17.5 Å². The summed E-state index contributed by atoms with van der Waals surface area (Å²) in [6.07, 6.45) is 7.40. The van der Waals surface area contributed by atoms with Gasteiger partial charge in [0.25, 0.3) is 0 Å². The molecule has 0 aromatic heterocycles. The van der Waals surface area contributed by atoms with Crippen molar-refractivity contribution in [1.29, 1.82) is 0 Å². The number of nitrogens with two attached hydrogens (primary N) is 1. The number of aliphatic imine (C=N–C) groups is 1. The number of hydrogen-bond acceptors (Lipinski definition) is 2. The maximum Gasteiger partial charge on any atom is 0.188 e. The zero-order valence-corrected chi connectivity index (χ0v) is 15.5. The smallest absolute Gasteiger partial charge is 0.188 e. The van der Waals surface area contributed by atoms with Crippen molar-refractivity contribution >= 4 is 29.9 Å². The molecule has 0 atom stereocenters. The molecule has 0 bridgehead atoms. The van der Waals surface area contributed by atoms with Gasteiger partial charge in [-0.25, -0.2) is 9.38 Å². The fourth-order valence-electron chi connectivity index (χ4n) is 2.00. The lowest BCUT2D eigenvalue weighted by Gasteiger charge is -2.06. The minimum Gasteiger partial charge on any atom is -0.505 e. The van der Waals surface area contributed by atoms with E-state index in [1.54, 1.807) is 6.07 Å². The van der Waals surface area contributed by atoms with Gasteiger partial charge in [-0.1, -0.05) is 45.1 Å². The Hall–Kier alpha value is -1.05. The topological polar surface area (TPSA) is 70.6 Å². The number of phenols is 1. The van der Waals surface area contributed by atoms with Gasteiger partial charge in [0.1, 0.15) is 0 Å². The third-order valence-corrected chi connectivity index (χ3v) is 3.28. The molecular formula is C16H27FIN3O. The van der Waals surface area contributed by atoms with Crippen molar-refractivity contribution in [3.05, 3.63) is 29.6 Å². The lowest BCUT2D eigenvalue weighted by molar-refractivity contribution is 0.432. The largest absolute Gasteiger partial charge is 0.505 e. The Bertz CT molecular complexity index is 455. The van der Waals surface area contributed by atoms with Crippen LogP contribution in [0, 0.1) is 5.82 Å². The summed E-state index contributed by atoms with van der Waals surface area (Å²) in [6, 6.07) is 4.21. The molecule has 1 aromatic rings. The molecule has 0 saturated carbocycles. The van der Waals surface area contributed by atoms with E-state index in [0.717, 1.165) is 13.0 Å². The van der Waals surface area contributed by atoms with Crippen LogP contribution in [0.5, 0.6) is 5.75 Å². The van der Waals surface area contributed by atoms with Gasteiger partial charge in [-0.05, 0) is 24.1 Å². The number of aromatic hydroxyl groups is 1. The van der Waals surface area contributed by atoms with E-state index in [2.05, 4.69) is 17.2 Å². The molecule has 0 heterocycles. The van der Waals surface area contributed by atoms with Crippen LogP contribution in [0.1, 0.15) is 51.0 Å². The molecule has 1 aromatic carbocycles. The van der Waals surface area contributed by atoms with E-state index >= 15 is 0 Å². The van der Waals surface area contributed by atoms with Crippen LogP contribution in [0.2, 0.25) is 0 Å². The van der Waals surface area contributed by atoms with Gasteiger partial charge in [-0.15, -0.1) is 24.0 Å². The molecule has 0 fully saturated rings. The summed E-state index contributed by atoms with van der Waals surface area (Å²) >= 11 is 0. The Labute approximate surface area is 149 Å². The Morgan fingerprint density at radius 2 is 1.91 bits per heavy atom. The predicted octanol–water partition coefficient (Wildman–Crippen LogP) is 3.91. The predicted molar refractivity (Wildman–Crippen MR) is 100 cm³/mol. The fraction of sp³-hybridized carbons (Fsp3) is 0.562. The second-order valence-corrected chi connectivity index (χ2v) is 5.18. The van der Waals surface area contributed by atoms with E-state index in [-0.39, 0.29) is 29.7 Å². The van der Waals surface area contributed by atoms with Gasteiger partial charge in [0.05, 0.1) is 6.54 Å². The third-order valence-electron chi connectivity index (χ3n) is 3.28. The second kappa shape index (κ2) is 12.5. The number of nitrogens with one attached hydrogen (secondary N) is 1. The SMILES string of the molecule is CCCCCCCCNC(N)=NCc1ccc(O)c(F)c1.I. The minimum absolute atomic E-state index is 0. The van der Waals surface area contributed by atoms with Gasteiger partial charge < -0.3 is 16.2 Å². The number of rotatable bonds is 9. The highest BCUT2D eigenvalue weighted by atomic mass is 127. The molecule has 4 N–H and O–H groups in total. The van der Waals surface area contributed by atoms with Crippen LogP contribution in [0.15, 0.2) is 23.2 Å². The number of halogens is 2. The van der Waals surface area contributed by atoms with Crippen LogP contribution in [0.25, 0.3) is 0 Å². The average Bonchev–Trinajstić information content (AvgIpc) is 2.47. The lowest BCUT2D eigenvalue weighted by Crippen LogP contribution is -2.32. The van der Waals surface area contributed by atoms with Crippen LogP contribution < -0.4 is 11.1 Å². The van der Waals surface area contributed by atoms with Crippen molar-refractivity contribution < 1.29 is 9.50 Å². The van der Waals surface area contributed by atoms with Crippen molar-refractivity contribution in [1.82, 2.24) is 5.32 Å². The molecule has 0 amide bonds. The van der Waals surface area contributed by atoms with Crippen molar-refractivity contribution in [2.24, 2.45) is 10.7 Å². The zero-order valence-electron chi connectivity index (χ0n) is 13.1. The first-order valence-corrected chi connectivity index (χ1v) is 7.64. The van der Waals surface area contributed by atoms with Gasteiger partial charge in [0.2, 0.25) is 0 Å². The molecule has 1 rings (SSSR count). The number of hydrogen-bond donors (Lipinski definition) is 3. The maximum absolute atomic E-state index is 13.1. The summed E-state index contributed by atoms with van der Waals surface area (Å²) < 4.78 is 13.1.